The molecule has 0 radical (unpaired) electrons. The molecule has 0 fully saturated rings. The Bertz CT molecular complexity index is 708. The lowest BCUT2D eigenvalue weighted by Crippen LogP contribution is -2.32. The number of rotatable bonds is 5. The Balaban J connectivity index is 1.96. The number of carbonyl (C=O) groups excluding carboxylic acids is 2. The molecule has 2 amide bonds. The first-order valence-electron chi connectivity index (χ1n) is 7.90. The Morgan fingerprint density at radius 1 is 1.12 bits per heavy atom. The molecule has 0 aliphatic rings. The standard InChI is InChI=1S/C19H23N3O2/c1-13-9-14(2)11-17(10-13)21-18(23)12-19(24)22(4)15(3)16-5-7-20-8-6-16/h5-11,15H,12H2,1-4H3,(H,21,23). The summed E-state index contributed by atoms with van der Waals surface area (Å²) in [5.74, 6) is -0.528. The monoisotopic (exact) mass is 325 g/mol. The number of carbonyl (C=O) groups is 2. The highest BCUT2D eigenvalue weighted by Gasteiger charge is 2.20. The van der Waals surface area contributed by atoms with Crippen LogP contribution < -0.4 is 5.32 Å². The Morgan fingerprint density at radius 2 is 1.71 bits per heavy atom. The molecule has 0 bridgehead atoms. The van der Waals surface area contributed by atoms with E-state index in [0.29, 0.717) is 0 Å². The number of aromatic nitrogens is 1. The van der Waals surface area contributed by atoms with E-state index in [0.717, 1.165) is 22.4 Å². The van der Waals surface area contributed by atoms with E-state index in [-0.39, 0.29) is 24.3 Å². The van der Waals surface area contributed by atoms with Crippen molar-refractivity contribution in [3.05, 3.63) is 59.4 Å². The van der Waals surface area contributed by atoms with Gasteiger partial charge in [0.15, 0.2) is 0 Å². The van der Waals surface area contributed by atoms with Gasteiger partial charge in [-0.2, -0.15) is 0 Å². The zero-order valence-corrected chi connectivity index (χ0v) is 14.5. The number of amides is 2. The number of benzene rings is 1. The van der Waals surface area contributed by atoms with Crippen LogP contribution >= 0.6 is 0 Å². The van der Waals surface area contributed by atoms with E-state index in [1.807, 2.05) is 51.1 Å². The molecule has 0 aliphatic carbocycles. The first kappa shape index (κ1) is 17.7. The van der Waals surface area contributed by atoms with Crippen molar-refractivity contribution >= 4 is 17.5 Å². The molecule has 1 N–H and O–H groups in total. The minimum absolute atomic E-state index is 0.116. The number of hydrogen-bond acceptors (Lipinski definition) is 3. The van der Waals surface area contributed by atoms with Gasteiger partial charge in [0.1, 0.15) is 6.42 Å². The Labute approximate surface area is 142 Å². The second-order valence-corrected chi connectivity index (χ2v) is 6.06. The summed E-state index contributed by atoms with van der Waals surface area (Å²) in [4.78, 5) is 30.0. The highest BCUT2D eigenvalue weighted by Crippen LogP contribution is 2.19. The molecule has 5 nitrogen and oxygen atoms in total. The zero-order valence-electron chi connectivity index (χ0n) is 14.5. The predicted octanol–water partition coefficient (Wildman–Crippen LogP) is 3.25. The van der Waals surface area contributed by atoms with Gasteiger partial charge in [-0.1, -0.05) is 6.07 Å². The fraction of sp³-hybridized carbons (Fsp3) is 0.316. The smallest absolute Gasteiger partial charge is 0.233 e. The fourth-order valence-corrected chi connectivity index (χ4v) is 2.60. The van der Waals surface area contributed by atoms with Crippen molar-refractivity contribution in [1.82, 2.24) is 9.88 Å². The first-order valence-corrected chi connectivity index (χ1v) is 7.90. The highest BCUT2D eigenvalue weighted by molar-refractivity contribution is 6.03. The molecule has 0 aliphatic heterocycles. The third-order valence-electron chi connectivity index (χ3n) is 3.98. The van der Waals surface area contributed by atoms with E-state index in [2.05, 4.69) is 10.3 Å². The maximum atomic E-state index is 12.3. The molecule has 2 aromatic rings. The summed E-state index contributed by atoms with van der Waals surface area (Å²) in [6, 6.07) is 9.42. The largest absolute Gasteiger partial charge is 0.339 e. The summed E-state index contributed by atoms with van der Waals surface area (Å²) in [6.07, 6.45) is 3.20. The number of hydrogen-bond donors (Lipinski definition) is 1. The maximum Gasteiger partial charge on any atom is 0.233 e. The van der Waals surface area contributed by atoms with Gasteiger partial charge in [0, 0.05) is 25.1 Å². The summed E-state index contributed by atoms with van der Waals surface area (Å²) in [5, 5.41) is 2.79. The van der Waals surface area contributed by atoms with Gasteiger partial charge in [0.05, 0.1) is 6.04 Å². The van der Waals surface area contributed by atoms with Crippen molar-refractivity contribution in [2.24, 2.45) is 0 Å². The van der Waals surface area contributed by atoms with Crippen molar-refractivity contribution in [1.29, 1.82) is 0 Å². The average molecular weight is 325 g/mol. The third kappa shape index (κ3) is 4.65. The zero-order chi connectivity index (χ0) is 17.7. The Morgan fingerprint density at radius 3 is 2.29 bits per heavy atom. The highest BCUT2D eigenvalue weighted by atomic mass is 16.2. The summed E-state index contributed by atoms with van der Waals surface area (Å²) in [6.45, 7) is 5.87. The summed E-state index contributed by atoms with van der Waals surface area (Å²) in [5.41, 5.74) is 3.84. The summed E-state index contributed by atoms with van der Waals surface area (Å²) < 4.78 is 0. The van der Waals surface area contributed by atoms with Crippen LogP contribution in [-0.2, 0) is 9.59 Å². The molecule has 0 spiro atoms. The fourth-order valence-electron chi connectivity index (χ4n) is 2.60. The normalized spacial score (nSPS) is 11.7. The molecule has 126 valence electrons. The van der Waals surface area contributed by atoms with E-state index >= 15 is 0 Å². The lowest BCUT2D eigenvalue weighted by atomic mass is 10.1. The molecule has 1 atom stereocenters. The van der Waals surface area contributed by atoms with Crippen LogP contribution in [-0.4, -0.2) is 28.7 Å². The van der Waals surface area contributed by atoms with Gasteiger partial charge in [-0.25, -0.2) is 0 Å². The summed E-state index contributed by atoms with van der Waals surface area (Å²) >= 11 is 0. The van der Waals surface area contributed by atoms with Crippen molar-refractivity contribution in [2.75, 3.05) is 12.4 Å². The number of anilines is 1. The second kappa shape index (κ2) is 7.73. The van der Waals surface area contributed by atoms with Gasteiger partial charge >= 0.3 is 0 Å². The van der Waals surface area contributed by atoms with Crippen LogP contribution in [0.25, 0.3) is 0 Å². The molecule has 24 heavy (non-hydrogen) atoms. The van der Waals surface area contributed by atoms with Crippen LogP contribution in [0.5, 0.6) is 0 Å². The number of pyridine rings is 1. The second-order valence-electron chi connectivity index (χ2n) is 6.06. The van der Waals surface area contributed by atoms with Crippen LogP contribution in [0.2, 0.25) is 0 Å². The Hall–Kier alpha value is -2.69. The van der Waals surface area contributed by atoms with E-state index in [1.54, 1.807) is 24.3 Å². The first-order chi connectivity index (χ1) is 11.4. The molecule has 5 heteroatoms. The van der Waals surface area contributed by atoms with Crippen molar-refractivity contribution in [3.8, 4) is 0 Å². The van der Waals surface area contributed by atoms with Crippen molar-refractivity contribution in [3.63, 3.8) is 0 Å². The van der Waals surface area contributed by atoms with Gasteiger partial charge in [0.2, 0.25) is 11.8 Å². The van der Waals surface area contributed by atoms with E-state index in [1.165, 1.54) is 0 Å². The van der Waals surface area contributed by atoms with Crippen molar-refractivity contribution < 1.29 is 9.59 Å². The van der Waals surface area contributed by atoms with Gasteiger partial charge in [-0.15, -0.1) is 0 Å². The lowest BCUT2D eigenvalue weighted by Gasteiger charge is -2.25. The molecule has 0 saturated heterocycles. The molecule has 1 aromatic carbocycles. The van der Waals surface area contributed by atoms with E-state index in [4.69, 9.17) is 0 Å². The number of nitrogens with zero attached hydrogens (tertiary/aromatic N) is 2. The molecule has 1 aromatic heterocycles. The van der Waals surface area contributed by atoms with Crippen molar-refractivity contribution in [2.45, 2.75) is 33.2 Å². The van der Waals surface area contributed by atoms with Crippen LogP contribution in [0.15, 0.2) is 42.7 Å². The maximum absolute atomic E-state index is 12.3. The molecule has 0 saturated carbocycles. The molecular formula is C19H23N3O2. The summed E-state index contributed by atoms with van der Waals surface area (Å²) in [7, 11) is 1.71. The van der Waals surface area contributed by atoms with Crippen LogP contribution in [0.4, 0.5) is 5.69 Å². The van der Waals surface area contributed by atoms with E-state index in [9.17, 15) is 9.59 Å². The SMILES string of the molecule is Cc1cc(C)cc(NC(=O)CC(=O)N(C)C(C)c2ccncc2)c1. The third-order valence-corrected chi connectivity index (χ3v) is 3.98. The van der Waals surface area contributed by atoms with Crippen LogP contribution in [0, 0.1) is 13.8 Å². The van der Waals surface area contributed by atoms with Crippen LogP contribution in [0.1, 0.15) is 36.1 Å². The van der Waals surface area contributed by atoms with E-state index < -0.39 is 0 Å². The van der Waals surface area contributed by atoms with Crippen LogP contribution in [0.3, 0.4) is 0 Å². The average Bonchev–Trinajstić information content (AvgIpc) is 2.53. The predicted molar refractivity (Wildman–Crippen MR) is 94.6 cm³/mol. The minimum Gasteiger partial charge on any atom is -0.339 e. The van der Waals surface area contributed by atoms with Gasteiger partial charge in [0.25, 0.3) is 0 Å². The lowest BCUT2D eigenvalue weighted by molar-refractivity contribution is -0.135. The topological polar surface area (TPSA) is 62.3 Å². The number of aryl methyl sites for hydroxylation is 2. The number of nitrogens with one attached hydrogen (secondary N) is 1. The van der Waals surface area contributed by atoms with Gasteiger partial charge < -0.3 is 10.2 Å². The molecule has 1 unspecified atom stereocenters. The van der Waals surface area contributed by atoms with Gasteiger partial charge in [-0.3, -0.25) is 14.6 Å². The van der Waals surface area contributed by atoms with Gasteiger partial charge in [-0.05, 0) is 61.7 Å². The molecule has 2 rings (SSSR count). The Kier molecular flexibility index (Phi) is 5.68. The molecular weight excluding hydrogens is 302 g/mol. The quantitative estimate of drug-likeness (QED) is 0.858. The molecule has 1 heterocycles. The minimum atomic E-state index is -0.307.